The minimum atomic E-state index is 1.14. The van der Waals surface area contributed by atoms with Gasteiger partial charge in [-0.05, 0) is 19.3 Å². The third-order valence-electron chi connectivity index (χ3n) is 1.84. The predicted octanol–water partition coefficient (Wildman–Crippen LogP) is 4.48. The summed E-state index contributed by atoms with van der Waals surface area (Å²) in [4.78, 5) is 0. The van der Waals surface area contributed by atoms with Crippen LogP contribution in [-0.4, -0.2) is 0 Å². The highest BCUT2D eigenvalue weighted by Crippen LogP contribution is 2.02. The van der Waals surface area contributed by atoms with Gasteiger partial charge < -0.3 is 0 Å². The molecule has 0 aromatic heterocycles. The van der Waals surface area contributed by atoms with E-state index in [1.807, 2.05) is 0 Å². The summed E-state index contributed by atoms with van der Waals surface area (Å²) in [7, 11) is 0. The predicted molar refractivity (Wildman–Crippen MR) is 57.3 cm³/mol. The second kappa shape index (κ2) is 10.5. The summed E-state index contributed by atoms with van der Waals surface area (Å²) in [5.74, 6) is 0. The van der Waals surface area contributed by atoms with Gasteiger partial charge in [0.15, 0.2) is 0 Å². The van der Waals surface area contributed by atoms with Gasteiger partial charge in [0.25, 0.3) is 0 Å². The highest BCUT2D eigenvalue weighted by atomic mass is 13.9. The van der Waals surface area contributed by atoms with Crippen molar-refractivity contribution in [1.82, 2.24) is 0 Å². The van der Waals surface area contributed by atoms with Crippen molar-refractivity contribution in [3.63, 3.8) is 0 Å². The molecule has 0 N–H and O–H groups in total. The SMILES string of the molecule is CC/C=C/C=C\CCCCCC. The van der Waals surface area contributed by atoms with E-state index in [9.17, 15) is 0 Å². The monoisotopic (exact) mass is 166 g/mol. The van der Waals surface area contributed by atoms with E-state index < -0.39 is 0 Å². The topological polar surface area (TPSA) is 0 Å². The van der Waals surface area contributed by atoms with Crippen LogP contribution in [0.4, 0.5) is 0 Å². The van der Waals surface area contributed by atoms with Crippen LogP contribution < -0.4 is 0 Å². The maximum atomic E-state index is 2.27. The van der Waals surface area contributed by atoms with E-state index in [0.29, 0.717) is 0 Å². The Bertz CT molecular complexity index is 120. The van der Waals surface area contributed by atoms with E-state index in [-0.39, 0.29) is 0 Å². The average molecular weight is 166 g/mol. The molecule has 0 amide bonds. The summed E-state index contributed by atoms with van der Waals surface area (Å²) in [5, 5.41) is 0. The van der Waals surface area contributed by atoms with Gasteiger partial charge in [-0.25, -0.2) is 0 Å². The molecular weight excluding hydrogens is 144 g/mol. The molecule has 0 unspecified atom stereocenters. The van der Waals surface area contributed by atoms with Crippen molar-refractivity contribution in [3.05, 3.63) is 24.3 Å². The molecule has 70 valence electrons. The third-order valence-corrected chi connectivity index (χ3v) is 1.84. The van der Waals surface area contributed by atoms with Gasteiger partial charge in [0, 0.05) is 0 Å². The van der Waals surface area contributed by atoms with Gasteiger partial charge in [-0.15, -0.1) is 0 Å². The van der Waals surface area contributed by atoms with Crippen LogP contribution in [0.25, 0.3) is 0 Å². The summed E-state index contributed by atoms with van der Waals surface area (Å²) < 4.78 is 0. The first-order chi connectivity index (χ1) is 5.91. The molecule has 0 aromatic carbocycles. The fourth-order valence-corrected chi connectivity index (χ4v) is 1.08. The van der Waals surface area contributed by atoms with Crippen LogP contribution in [0.1, 0.15) is 52.4 Å². The molecule has 0 radical (unpaired) electrons. The Kier molecular flexibility index (Phi) is 10.0. The zero-order chi connectivity index (χ0) is 9.07. The Balaban J connectivity index is 3.07. The first kappa shape index (κ1) is 11.5. The van der Waals surface area contributed by atoms with Crippen molar-refractivity contribution in [2.24, 2.45) is 0 Å². The minimum absolute atomic E-state index is 1.14. The van der Waals surface area contributed by atoms with Crippen LogP contribution in [0.15, 0.2) is 24.3 Å². The summed E-state index contributed by atoms with van der Waals surface area (Å²) in [6, 6.07) is 0. The lowest BCUT2D eigenvalue weighted by atomic mass is 10.1. The van der Waals surface area contributed by atoms with Crippen LogP contribution in [0.5, 0.6) is 0 Å². The Labute approximate surface area is 77.4 Å². The zero-order valence-electron chi connectivity index (χ0n) is 8.55. The molecule has 0 heterocycles. The van der Waals surface area contributed by atoms with Crippen LogP contribution in [0.3, 0.4) is 0 Å². The van der Waals surface area contributed by atoms with Crippen molar-refractivity contribution in [2.75, 3.05) is 0 Å². The average Bonchev–Trinajstić information content (AvgIpc) is 2.10. The Hall–Kier alpha value is -0.520. The molecule has 0 heteroatoms. The van der Waals surface area contributed by atoms with Crippen LogP contribution in [-0.2, 0) is 0 Å². The lowest BCUT2D eigenvalue weighted by Crippen LogP contribution is -1.72. The van der Waals surface area contributed by atoms with Crippen molar-refractivity contribution < 1.29 is 0 Å². The van der Waals surface area contributed by atoms with E-state index in [2.05, 4.69) is 38.2 Å². The van der Waals surface area contributed by atoms with Crippen LogP contribution in [0.2, 0.25) is 0 Å². The zero-order valence-corrected chi connectivity index (χ0v) is 8.55. The number of rotatable bonds is 7. The van der Waals surface area contributed by atoms with Gasteiger partial charge in [-0.1, -0.05) is 57.4 Å². The molecule has 0 saturated carbocycles. The van der Waals surface area contributed by atoms with E-state index >= 15 is 0 Å². The molecule has 0 nitrogen and oxygen atoms in total. The molecule has 0 aromatic rings. The Morgan fingerprint density at radius 1 is 0.833 bits per heavy atom. The molecule has 0 aliphatic heterocycles. The van der Waals surface area contributed by atoms with Gasteiger partial charge >= 0.3 is 0 Å². The molecule has 0 fully saturated rings. The third kappa shape index (κ3) is 9.48. The second-order valence-electron chi connectivity index (χ2n) is 3.11. The summed E-state index contributed by atoms with van der Waals surface area (Å²) in [6.45, 7) is 4.41. The maximum absolute atomic E-state index is 2.27. The minimum Gasteiger partial charge on any atom is -0.0848 e. The molecule has 0 atom stereocenters. The van der Waals surface area contributed by atoms with E-state index in [1.54, 1.807) is 0 Å². The first-order valence-electron chi connectivity index (χ1n) is 5.23. The lowest BCUT2D eigenvalue weighted by molar-refractivity contribution is 0.674. The first-order valence-corrected chi connectivity index (χ1v) is 5.23. The molecule has 0 spiro atoms. The maximum Gasteiger partial charge on any atom is -0.0348 e. The van der Waals surface area contributed by atoms with Crippen molar-refractivity contribution in [1.29, 1.82) is 0 Å². The molecular formula is C12H22. The van der Waals surface area contributed by atoms with Gasteiger partial charge in [0.1, 0.15) is 0 Å². The van der Waals surface area contributed by atoms with E-state index in [4.69, 9.17) is 0 Å². The highest BCUT2D eigenvalue weighted by molar-refractivity contribution is 5.01. The molecule has 0 aliphatic rings. The lowest BCUT2D eigenvalue weighted by Gasteiger charge is -1.92. The van der Waals surface area contributed by atoms with Gasteiger partial charge in [0.05, 0.1) is 0 Å². The summed E-state index contributed by atoms with van der Waals surface area (Å²) in [6.07, 6.45) is 16.6. The smallest absolute Gasteiger partial charge is 0.0348 e. The van der Waals surface area contributed by atoms with E-state index in [1.165, 1.54) is 32.1 Å². The molecule has 0 rings (SSSR count). The van der Waals surface area contributed by atoms with Gasteiger partial charge in [-0.3, -0.25) is 0 Å². The van der Waals surface area contributed by atoms with Crippen LogP contribution >= 0.6 is 0 Å². The molecule has 0 bridgehead atoms. The van der Waals surface area contributed by atoms with Gasteiger partial charge in [0.2, 0.25) is 0 Å². The molecule has 0 aliphatic carbocycles. The largest absolute Gasteiger partial charge is 0.0848 e. The summed E-state index contributed by atoms with van der Waals surface area (Å²) >= 11 is 0. The van der Waals surface area contributed by atoms with E-state index in [0.717, 1.165) is 6.42 Å². The van der Waals surface area contributed by atoms with Crippen molar-refractivity contribution in [2.45, 2.75) is 52.4 Å². The quantitative estimate of drug-likeness (QED) is 0.386. The second-order valence-corrected chi connectivity index (χ2v) is 3.11. The Morgan fingerprint density at radius 2 is 1.58 bits per heavy atom. The Morgan fingerprint density at radius 3 is 2.25 bits per heavy atom. The van der Waals surface area contributed by atoms with Gasteiger partial charge in [-0.2, -0.15) is 0 Å². The van der Waals surface area contributed by atoms with Crippen molar-refractivity contribution >= 4 is 0 Å². The molecule has 0 saturated heterocycles. The fraction of sp³-hybridized carbons (Fsp3) is 0.667. The highest BCUT2D eigenvalue weighted by Gasteiger charge is 1.82. The standard InChI is InChI=1S/C12H22/c1-3-5-7-9-11-12-10-8-6-4-2/h5,7,9,11H,3-4,6,8,10,12H2,1-2H3/b7-5+,11-9-. The number of hydrogen-bond donors (Lipinski definition) is 0. The number of hydrogen-bond acceptors (Lipinski definition) is 0. The number of unbranched alkanes of at least 4 members (excludes halogenated alkanes) is 4. The van der Waals surface area contributed by atoms with Crippen molar-refractivity contribution in [3.8, 4) is 0 Å². The number of allylic oxidation sites excluding steroid dienone is 4. The molecule has 12 heavy (non-hydrogen) atoms. The van der Waals surface area contributed by atoms with Crippen LogP contribution in [0, 0.1) is 0 Å². The summed E-state index contributed by atoms with van der Waals surface area (Å²) in [5.41, 5.74) is 0. The fourth-order valence-electron chi connectivity index (χ4n) is 1.08. The normalized spacial score (nSPS) is 11.8.